The minimum absolute atomic E-state index is 0. The summed E-state index contributed by atoms with van der Waals surface area (Å²) in [5, 5.41) is 4.94. The van der Waals surface area contributed by atoms with Gasteiger partial charge in [-0.05, 0) is 58.2 Å². The van der Waals surface area contributed by atoms with E-state index in [0.29, 0.717) is 19.6 Å². The number of hydrogen-bond donors (Lipinski definition) is 0. The summed E-state index contributed by atoms with van der Waals surface area (Å²) in [7, 11) is 0. The van der Waals surface area contributed by atoms with Gasteiger partial charge in [0.1, 0.15) is 24.9 Å². The van der Waals surface area contributed by atoms with Crippen LogP contribution in [0.3, 0.4) is 0 Å². The number of rotatable bonds is 7. The highest BCUT2D eigenvalue weighted by Crippen LogP contribution is 2.80. The van der Waals surface area contributed by atoms with Crippen molar-refractivity contribution < 1.29 is 37.8 Å². The Morgan fingerprint density at radius 1 is 1.05 bits per heavy atom. The number of halogens is 1. The Kier molecular flexibility index (Phi) is 7.31. The Morgan fingerprint density at radius 3 is 2.51 bits per heavy atom. The molecule has 11 heteroatoms. The van der Waals surface area contributed by atoms with E-state index in [1.165, 1.54) is 0 Å². The molecular formula is C32H45ClN2O8. The van der Waals surface area contributed by atoms with Crippen molar-refractivity contribution in [3.63, 3.8) is 0 Å². The van der Waals surface area contributed by atoms with Crippen LogP contribution in [0.5, 0.6) is 0 Å². The molecule has 2 aliphatic carbocycles. The van der Waals surface area contributed by atoms with Crippen LogP contribution >= 0.6 is 12.4 Å². The van der Waals surface area contributed by atoms with Crippen LogP contribution < -0.4 is 0 Å². The van der Waals surface area contributed by atoms with Gasteiger partial charge in [-0.15, -0.1) is 12.4 Å². The van der Waals surface area contributed by atoms with Gasteiger partial charge in [0, 0.05) is 34.3 Å². The fraction of sp³-hybridized carbons (Fsp3) is 0.781. The molecule has 2 spiro atoms. The van der Waals surface area contributed by atoms with Crippen molar-refractivity contribution in [2.45, 2.75) is 96.7 Å². The monoisotopic (exact) mass is 620 g/mol. The van der Waals surface area contributed by atoms with Gasteiger partial charge in [0.25, 0.3) is 0 Å². The Bertz CT molecular complexity index is 1300. The zero-order valence-electron chi connectivity index (χ0n) is 26.1. The molecule has 0 aromatic carbocycles. The zero-order valence-corrected chi connectivity index (χ0v) is 26.9. The standard InChI is InChI=1S/C32H44N2O8.ClH/c1-7-34(8-2)12-14-39-33-22-15-21-28(3,4)41-23-16-24(35)38-18-31(21,23)20-9-11-29(5)25(19-10-13-37-17-19)40-27(36)26-32(29,42-26)30(20,22)6;/h10,13,17,20-21,23,25-26H,7-9,11-12,14-16,18H2,1-6H3;1H/b33-22-;/t20-,21-,23-,25-,26+,29-,30-,31+,32+;/m0./s1. The lowest BCUT2D eigenvalue weighted by Gasteiger charge is -2.65. The number of fused-ring (bicyclic) bond motifs is 1. The van der Waals surface area contributed by atoms with Crippen LogP contribution in [-0.4, -0.2) is 78.8 Å². The van der Waals surface area contributed by atoms with Gasteiger partial charge in [-0.1, -0.05) is 32.9 Å². The number of carbonyl (C=O) groups excluding carboxylic acids is 2. The largest absolute Gasteiger partial charge is 0.472 e. The van der Waals surface area contributed by atoms with Crippen LogP contribution in [0.4, 0.5) is 0 Å². The van der Waals surface area contributed by atoms with Crippen LogP contribution in [0, 0.1) is 28.1 Å². The highest BCUT2D eigenvalue weighted by Gasteiger charge is 2.89. The molecule has 0 unspecified atom stereocenters. The van der Waals surface area contributed by atoms with Crippen LogP contribution in [-0.2, 0) is 33.4 Å². The molecule has 238 valence electrons. The minimum Gasteiger partial charge on any atom is -0.472 e. The van der Waals surface area contributed by atoms with Crippen molar-refractivity contribution in [1.29, 1.82) is 0 Å². The topological polar surface area (TPSA) is 112 Å². The lowest BCUT2D eigenvalue weighted by atomic mass is 9.37. The second-order valence-electron chi connectivity index (χ2n) is 14.2. The van der Waals surface area contributed by atoms with Crippen molar-refractivity contribution in [2.75, 3.05) is 32.8 Å². The van der Waals surface area contributed by atoms with Gasteiger partial charge in [0.2, 0.25) is 0 Å². The lowest BCUT2D eigenvalue weighted by molar-refractivity contribution is -0.209. The van der Waals surface area contributed by atoms with Gasteiger partial charge in [-0.3, -0.25) is 4.79 Å². The van der Waals surface area contributed by atoms with Crippen molar-refractivity contribution >= 4 is 30.1 Å². The first-order valence-corrected chi connectivity index (χ1v) is 15.6. The van der Waals surface area contributed by atoms with Gasteiger partial charge in [0.05, 0.1) is 36.4 Å². The molecule has 7 rings (SSSR count). The van der Waals surface area contributed by atoms with Crippen LogP contribution in [0.15, 0.2) is 28.2 Å². The predicted octanol–water partition coefficient (Wildman–Crippen LogP) is 4.70. The molecule has 0 amide bonds. The molecule has 0 bridgehead atoms. The quantitative estimate of drug-likeness (QED) is 0.185. The third-order valence-electron chi connectivity index (χ3n) is 12.3. The maximum absolute atomic E-state index is 13.6. The van der Waals surface area contributed by atoms with Gasteiger partial charge >= 0.3 is 11.9 Å². The third-order valence-corrected chi connectivity index (χ3v) is 12.3. The average Bonchev–Trinajstić information content (AvgIpc) is 3.44. The Balaban J connectivity index is 0.00000329. The van der Waals surface area contributed by atoms with Crippen LogP contribution in [0.1, 0.15) is 78.9 Å². The Hall–Kier alpha value is -2.14. The minimum atomic E-state index is -0.861. The number of hydrogen-bond acceptors (Lipinski definition) is 10. The number of cyclic esters (lactones) is 2. The van der Waals surface area contributed by atoms with Crippen molar-refractivity contribution in [1.82, 2.24) is 4.90 Å². The van der Waals surface area contributed by atoms with Crippen molar-refractivity contribution in [3.8, 4) is 0 Å². The molecule has 9 atom stereocenters. The molecule has 1 aromatic heterocycles. The lowest BCUT2D eigenvalue weighted by Crippen LogP contribution is -2.72. The molecule has 6 fully saturated rings. The van der Waals surface area contributed by atoms with Gasteiger partial charge in [0.15, 0.2) is 6.10 Å². The summed E-state index contributed by atoms with van der Waals surface area (Å²) >= 11 is 0. The van der Waals surface area contributed by atoms with Crippen LogP contribution in [0.2, 0.25) is 0 Å². The molecule has 0 N–H and O–H groups in total. The summed E-state index contributed by atoms with van der Waals surface area (Å²) in [6.07, 6.45) is 4.21. The number of esters is 2. The van der Waals surface area contributed by atoms with Crippen LogP contribution in [0.25, 0.3) is 0 Å². The highest BCUT2D eigenvalue weighted by atomic mass is 35.5. The number of carbonyl (C=O) groups is 2. The first-order chi connectivity index (χ1) is 20.0. The predicted molar refractivity (Wildman–Crippen MR) is 158 cm³/mol. The van der Waals surface area contributed by atoms with Gasteiger partial charge in [-0.2, -0.15) is 0 Å². The average molecular weight is 621 g/mol. The van der Waals surface area contributed by atoms with E-state index >= 15 is 0 Å². The van der Waals surface area contributed by atoms with Gasteiger partial charge in [-0.25, -0.2) is 4.79 Å². The molecule has 4 saturated heterocycles. The molecule has 2 saturated carbocycles. The summed E-state index contributed by atoms with van der Waals surface area (Å²) < 4.78 is 30.9. The summed E-state index contributed by atoms with van der Waals surface area (Å²) in [4.78, 5) is 34.6. The first kappa shape index (κ1) is 30.9. The highest BCUT2D eigenvalue weighted by molar-refractivity contribution is 5.96. The number of ether oxygens (including phenoxy) is 4. The number of epoxide rings is 1. The number of nitrogens with zero attached hydrogens (tertiary/aromatic N) is 2. The van der Waals surface area contributed by atoms with E-state index in [-0.39, 0.29) is 48.7 Å². The summed E-state index contributed by atoms with van der Waals surface area (Å²) in [5.74, 6) is -0.521. The normalized spacial score (nSPS) is 44.6. The van der Waals surface area contributed by atoms with E-state index in [1.807, 2.05) is 6.07 Å². The van der Waals surface area contributed by atoms with E-state index in [9.17, 15) is 9.59 Å². The maximum atomic E-state index is 13.6. The Labute approximate surface area is 259 Å². The summed E-state index contributed by atoms with van der Waals surface area (Å²) in [6.45, 7) is 16.4. The third kappa shape index (κ3) is 3.85. The summed E-state index contributed by atoms with van der Waals surface area (Å²) in [5.41, 5.74) is -1.27. The fourth-order valence-electron chi connectivity index (χ4n) is 10.3. The summed E-state index contributed by atoms with van der Waals surface area (Å²) in [6, 6.07) is 1.87. The molecule has 43 heavy (non-hydrogen) atoms. The molecule has 5 heterocycles. The molecule has 0 radical (unpaired) electrons. The van der Waals surface area contributed by atoms with E-state index in [1.54, 1.807) is 12.5 Å². The fourth-order valence-corrected chi connectivity index (χ4v) is 10.3. The van der Waals surface area contributed by atoms with E-state index < -0.39 is 39.7 Å². The smallest absolute Gasteiger partial charge is 0.339 e. The Morgan fingerprint density at radius 2 is 1.81 bits per heavy atom. The second-order valence-corrected chi connectivity index (χ2v) is 14.2. The van der Waals surface area contributed by atoms with E-state index in [0.717, 1.165) is 43.8 Å². The number of oxime groups is 1. The number of likely N-dealkylation sites (N-methyl/N-ethyl adjacent to an activating group) is 1. The van der Waals surface area contributed by atoms with Crippen molar-refractivity contribution in [2.24, 2.45) is 33.2 Å². The SMILES string of the molecule is CCN(CC)CCO/N=C1/C[C@H]2C(C)(C)O[C@H]3CC(=O)OC[C@]32[C@H]2CC[C@@]3(C)[C@H](c4ccoc4)OC(=O)[C@H]4O[C@]43[C@]12C.Cl. The van der Waals surface area contributed by atoms with Crippen molar-refractivity contribution in [3.05, 3.63) is 24.2 Å². The molecule has 4 aliphatic heterocycles. The first-order valence-electron chi connectivity index (χ1n) is 15.6. The molecule has 10 nitrogen and oxygen atoms in total. The van der Waals surface area contributed by atoms with E-state index in [4.69, 9.17) is 33.4 Å². The molecule has 6 aliphatic rings. The zero-order chi connectivity index (χ0) is 29.7. The van der Waals surface area contributed by atoms with Gasteiger partial charge < -0.3 is 33.1 Å². The molecular weight excluding hydrogens is 576 g/mol. The number of furan rings is 1. The van der Waals surface area contributed by atoms with E-state index in [2.05, 4.69) is 46.4 Å². The molecule has 1 aromatic rings. The second kappa shape index (κ2) is 10.2. The maximum Gasteiger partial charge on any atom is 0.339 e.